The zero-order chi connectivity index (χ0) is 13.8. The van der Waals surface area contributed by atoms with Gasteiger partial charge in [-0.1, -0.05) is 24.3 Å². The second kappa shape index (κ2) is 5.39. The number of benzene rings is 2. The van der Waals surface area contributed by atoms with E-state index in [-0.39, 0.29) is 16.8 Å². The van der Waals surface area contributed by atoms with Crippen LogP contribution in [0, 0.1) is 5.82 Å². The second-order valence-electron chi connectivity index (χ2n) is 3.70. The minimum atomic E-state index is -1.22. The van der Waals surface area contributed by atoms with Gasteiger partial charge in [0.15, 0.2) is 0 Å². The van der Waals surface area contributed by atoms with Crippen molar-refractivity contribution in [1.29, 1.82) is 0 Å². The van der Waals surface area contributed by atoms with E-state index in [0.29, 0.717) is 0 Å². The van der Waals surface area contributed by atoms with E-state index in [2.05, 4.69) is 4.99 Å². The summed E-state index contributed by atoms with van der Waals surface area (Å²) in [5, 5.41) is 8.94. The van der Waals surface area contributed by atoms with Crippen LogP contribution in [-0.4, -0.2) is 17.0 Å². The van der Waals surface area contributed by atoms with Crippen molar-refractivity contribution in [2.45, 2.75) is 0 Å². The van der Waals surface area contributed by atoms with E-state index < -0.39 is 17.8 Å². The smallest absolute Gasteiger partial charge is 0.337 e. The lowest BCUT2D eigenvalue weighted by atomic mass is 10.1. The Labute approximate surface area is 107 Å². The molecule has 0 saturated heterocycles. The summed E-state index contributed by atoms with van der Waals surface area (Å²) < 4.78 is 27.2. The molecule has 0 saturated carbocycles. The largest absolute Gasteiger partial charge is 0.478 e. The van der Waals surface area contributed by atoms with E-state index in [1.165, 1.54) is 42.5 Å². The van der Waals surface area contributed by atoms with Crippen molar-refractivity contribution < 1.29 is 18.7 Å². The van der Waals surface area contributed by atoms with Gasteiger partial charge < -0.3 is 5.11 Å². The summed E-state index contributed by atoms with van der Waals surface area (Å²) in [6.07, 6.45) is 0. The maximum absolute atomic E-state index is 13.8. The zero-order valence-corrected chi connectivity index (χ0v) is 9.68. The van der Waals surface area contributed by atoms with Crippen LogP contribution < -0.4 is 0 Å². The molecule has 0 fully saturated rings. The highest BCUT2D eigenvalue weighted by Crippen LogP contribution is 2.21. The third kappa shape index (κ3) is 2.82. The van der Waals surface area contributed by atoms with Gasteiger partial charge in [0.2, 0.25) is 5.97 Å². The molecular weight excluding hydrogens is 252 g/mol. The predicted octanol–water partition coefficient (Wildman–Crippen LogP) is 3.57. The molecule has 0 atom stereocenters. The van der Waals surface area contributed by atoms with E-state index in [9.17, 15) is 13.6 Å². The van der Waals surface area contributed by atoms with E-state index in [0.717, 1.165) is 6.07 Å². The fraction of sp³-hybridized carbons (Fsp3) is 0. The van der Waals surface area contributed by atoms with E-state index >= 15 is 0 Å². The van der Waals surface area contributed by atoms with Gasteiger partial charge in [0, 0.05) is 0 Å². The quantitative estimate of drug-likeness (QED) is 0.858. The van der Waals surface area contributed by atoms with E-state index in [1.54, 1.807) is 0 Å². The molecule has 2 aromatic carbocycles. The Hall–Kier alpha value is -2.56. The summed E-state index contributed by atoms with van der Waals surface area (Å²) in [6.45, 7) is 0. The molecular formula is C14H9F2NO2. The molecule has 2 aromatic rings. The SMILES string of the molecule is O=C(O)c1ccccc1N=C(F)c1ccccc1F. The number of nitrogens with zero attached hydrogens (tertiary/aromatic N) is 1. The number of para-hydroxylation sites is 1. The summed E-state index contributed by atoms with van der Waals surface area (Å²) in [4.78, 5) is 14.5. The fourth-order valence-corrected chi connectivity index (χ4v) is 1.55. The highest BCUT2D eigenvalue weighted by molar-refractivity contribution is 5.99. The number of aromatic carboxylic acids is 1. The van der Waals surface area contributed by atoms with Crippen LogP contribution in [0.1, 0.15) is 15.9 Å². The molecule has 0 unspecified atom stereocenters. The topological polar surface area (TPSA) is 49.7 Å². The molecule has 3 nitrogen and oxygen atoms in total. The first kappa shape index (κ1) is 12.9. The van der Waals surface area contributed by atoms with Crippen LogP contribution in [0.15, 0.2) is 53.5 Å². The van der Waals surface area contributed by atoms with E-state index in [1.807, 2.05) is 0 Å². The molecule has 1 N–H and O–H groups in total. The summed E-state index contributed by atoms with van der Waals surface area (Å²) in [7, 11) is 0. The van der Waals surface area contributed by atoms with Crippen molar-refractivity contribution in [2.75, 3.05) is 0 Å². The Morgan fingerprint density at radius 2 is 1.58 bits per heavy atom. The normalized spacial score (nSPS) is 11.4. The summed E-state index contributed by atoms with van der Waals surface area (Å²) in [5.41, 5.74) is -0.507. The second-order valence-corrected chi connectivity index (χ2v) is 3.70. The molecule has 2 rings (SSSR count). The highest BCUT2D eigenvalue weighted by Gasteiger charge is 2.12. The standard InChI is InChI=1S/C14H9F2NO2/c15-11-7-3-1-5-9(11)13(16)17-12-8-4-2-6-10(12)14(18)19/h1-8H,(H,18,19). The van der Waals surface area contributed by atoms with Gasteiger partial charge in [-0.25, -0.2) is 14.2 Å². The van der Waals surface area contributed by atoms with Crippen LogP contribution in [0.4, 0.5) is 14.5 Å². The van der Waals surface area contributed by atoms with Crippen molar-refractivity contribution in [3.8, 4) is 0 Å². The molecule has 0 bridgehead atoms. The minimum absolute atomic E-state index is 0.0595. The Balaban J connectivity index is 2.47. The molecule has 0 amide bonds. The van der Waals surface area contributed by atoms with Crippen LogP contribution in [0.2, 0.25) is 0 Å². The molecule has 19 heavy (non-hydrogen) atoms. The summed E-state index contributed by atoms with van der Waals surface area (Å²) >= 11 is 0. The number of aliphatic imine (C=N–C) groups is 1. The van der Waals surface area contributed by atoms with Crippen LogP contribution >= 0.6 is 0 Å². The molecule has 96 valence electrons. The molecule has 5 heteroatoms. The third-order valence-electron chi connectivity index (χ3n) is 2.45. The lowest BCUT2D eigenvalue weighted by molar-refractivity contribution is 0.0698. The van der Waals surface area contributed by atoms with Crippen molar-refractivity contribution in [1.82, 2.24) is 0 Å². The average molecular weight is 261 g/mol. The maximum atomic E-state index is 13.8. The lowest BCUT2D eigenvalue weighted by Crippen LogP contribution is -1.99. The Kier molecular flexibility index (Phi) is 3.66. The van der Waals surface area contributed by atoms with E-state index in [4.69, 9.17) is 5.11 Å². The van der Waals surface area contributed by atoms with Crippen LogP contribution in [-0.2, 0) is 0 Å². The number of carboxylic acids is 1. The number of rotatable bonds is 3. The van der Waals surface area contributed by atoms with Crippen molar-refractivity contribution in [3.05, 3.63) is 65.5 Å². The van der Waals surface area contributed by atoms with Gasteiger partial charge in [-0.3, -0.25) is 0 Å². The first-order chi connectivity index (χ1) is 9.09. The number of halogens is 2. The average Bonchev–Trinajstić information content (AvgIpc) is 2.39. The number of hydrogen-bond donors (Lipinski definition) is 1. The molecule has 0 spiro atoms. The molecule has 0 aliphatic rings. The Morgan fingerprint density at radius 1 is 1.00 bits per heavy atom. The van der Waals surface area contributed by atoms with Gasteiger partial charge in [0.25, 0.3) is 0 Å². The first-order valence-corrected chi connectivity index (χ1v) is 5.41. The summed E-state index contributed by atoms with van der Waals surface area (Å²) in [6, 6.07) is 10.9. The van der Waals surface area contributed by atoms with Crippen molar-refractivity contribution in [2.24, 2.45) is 4.99 Å². The van der Waals surface area contributed by atoms with Gasteiger partial charge in [0.05, 0.1) is 16.8 Å². The molecule has 0 aliphatic heterocycles. The van der Waals surface area contributed by atoms with Gasteiger partial charge in [-0.15, -0.1) is 0 Å². The fourth-order valence-electron chi connectivity index (χ4n) is 1.55. The minimum Gasteiger partial charge on any atom is -0.478 e. The monoisotopic (exact) mass is 261 g/mol. The van der Waals surface area contributed by atoms with Crippen molar-refractivity contribution >= 4 is 17.6 Å². The Bertz CT molecular complexity index is 653. The number of carbonyl (C=O) groups is 1. The van der Waals surface area contributed by atoms with Crippen LogP contribution in [0.3, 0.4) is 0 Å². The third-order valence-corrected chi connectivity index (χ3v) is 2.45. The van der Waals surface area contributed by atoms with Gasteiger partial charge in [-0.05, 0) is 24.3 Å². The molecule has 0 aromatic heterocycles. The highest BCUT2D eigenvalue weighted by atomic mass is 19.1. The summed E-state index contributed by atoms with van der Waals surface area (Å²) in [5.74, 6) is -3.04. The number of carboxylic acid groups (broad SMARTS) is 1. The van der Waals surface area contributed by atoms with Gasteiger partial charge in [-0.2, -0.15) is 4.39 Å². The zero-order valence-electron chi connectivity index (χ0n) is 9.68. The lowest BCUT2D eigenvalue weighted by Gasteiger charge is -2.02. The van der Waals surface area contributed by atoms with Crippen LogP contribution in [0.5, 0.6) is 0 Å². The number of hydrogen-bond acceptors (Lipinski definition) is 2. The maximum Gasteiger partial charge on any atom is 0.337 e. The molecule has 0 radical (unpaired) electrons. The van der Waals surface area contributed by atoms with Gasteiger partial charge in [0.1, 0.15) is 5.82 Å². The van der Waals surface area contributed by atoms with Gasteiger partial charge >= 0.3 is 5.97 Å². The first-order valence-electron chi connectivity index (χ1n) is 5.41. The molecule has 0 aliphatic carbocycles. The molecule has 0 heterocycles. The Morgan fingerprint density at radius 3 is 2.21 bits per heavy atom. The van der Waals surface area contributed by atoms with Crippen LogP contribution in [0.25, 0.3) is 0 Å². The van der Waals surface area contributed by atoms with Crippen molar-refractivity contribution in [3.63, 3.8) is 0 Å². The predicted molar refractivity (Wildman–Crippen MR) is 67.1 cm³/mol.